The predicted molar refractivity (Wildman–Crippen MR) is 68.9 cm³/mol. The van der Waals surface area contributed by atoms with Crippen molar-refractivity contribution in [3.63, 3.8) is 0 Å². The predicted octanol–water partition coefficient (Wildman–Crippen LogP) is 0.637. The van der Waals surface area contributed by atoms with Crippen LogP contribution in [0.1, 0.15) is 11.7 Å². The van der Waals surface area contributed by atoms with Gasteiger partial charge in [0.25, 0.3) is 5.91 Å². The third-order valence-electron chi connectivity index (χ3n) is 2.99. The first-order chi connectivity index (χ1) is 8.49. The van der Waals surface area contributed by atoms with Crippen molar-refractivity contribution in [2.75, 3.05) is 39.2 Å². The number of nitrogens with zero attached hydrogens (tertiary/aromatic N) is 2. The number of benzene rings is 1. The molecule has 5 heteroatoms. The maximum atomic E-state index is 11.5. The van der Waals surface area contributed by atoms with Crippen LogP contribution in [0.3, 0.4) is 0 Å². The SMILES string of the molecule is CN(C)CC(O)c1ccc2c(c1)N(C)C(=O)CO2. The van der Waals surface area contributed by atoms with Gasteiger partial charge in [-0.3, -0.25) is 4.79 Å². The molecule has 1 aromatic carbocycles. The number of rotatable bonds is 3. The second-order valence-corrected chi connectivity index (χ2v) is 4.75. The Morgan fingerprint density at radius 2 is 2.22 bits per heavy atom. The highest BCUT2D eigenvalue weighted by atomic mass is 16.5. The van der Waals surface area contributed by atoms with Crippen molar-refractivity contribution in [1.29, 1.82) is 0 Å². The van der Waals surface area contributed by atoms with E-state index in [1.807, 2.05) is 25.1 Å². The zero-order valence-corrected chi connectivity index (χ0v) is 10.9. The highest BCUT2D eigenvalue weighted by Crippen LogP contribution is 2.33. The Labute approximate surface area is 107 Å². The van der Waals surface area contributed by atoms with E-state index in [4.69, 9.17) is 4.74 Å². The number of amides is 1. The summed E-state index contributed by atoms with van der Waals surface area (Å²) in [6.07, 6.45) is -0.573. The molecule has 1 aromatic rings. The van der Waals surface area contributed by atoms with Crippen LogP contribution in [0.5, 0.6) is 5.75 Å². The van der Waals surface area contributed by atoms with E-state index in [9.17, 15) is 9.90 Å². The first kappa shape index (κ1) is 12.9. The number of carbonyl (C=O) groups is 1. The summed E-state index contributed by atoms with van der Waals surface area (Å²) in [6, 6.07) is 5.43. The van der Waals surface area contributed by atoms with Gasteiger partial charge < -0.3 is 19.6 Å². The molecule has 0 fully saturated rings. The number of carbonyl (C=O) groups excluding carboxylic acids is 1. The first-order valence-corrected chi connectivity index (χ1v) is 5.85. The van der Waals surface area contributed by atoms with Gasteiger partial charge in [-0.2, -0.15) is 0 Å². The topological polar surface area (TPSA) is 53.0 Å². The number of anilines is 1. The zero-order chi connectivity index (χ0) is 13.3. The van der Waals surface area contributed by atoms with Gasteiger partial charge in [0.1, 0.15) is 5.75 Å². The molecule has 0 aromatic heterocycles. The molecule has 0 bridgehead atoms. The second kappa shape index (κ2) is 4.96. The molecule has 2 rings (SSSR count). The molecular weight excluding hydrogens is 232 g/mol. The van der Waals surface area contributed by atoms with Crippen LogP contribution < -0.4 is 9.64 Å². The third kappa shape index (κ3) is 2.47. The average molecular weight is 250 g/mol. The molecule has 0 radical (unpaired) electrons. The van der Waals surface area contributed by atoms with E-state index in [0.29, 0.717) is 18.0 Å². The molecule has 1 N–H and O–H groups in total. The van der Waals surface area contributed by atoms with Gasteiger partial charge in [0.2, 0.25) is 0 Å². The molecule has 1 unspecified atom stereocenters. The number of hydrogen-bond acceptors (Lipinski definition) is 4. The maximum Gasteiger partial charge on any atom is 0.264 e. The highest BCUT2D eigenvalue weighted by Gasteiger charge is 2.23. The van der Waals surface area contributed by atoms with Gasteiger partial charge in [-0.1, -0.05) is 6.07 Å². The Balaban J connectivity index is 2.28. The summed E-state index contributed by atoms with van der Waals surface area (Å²) in [5, 5.41) is 10.1. The Hall–Kier alpha value is -1.59. The van der Waals surface area contributed by atoms with Gasteiger partial charge in [-0.25, -0.2) is 0 Å². The number of likely N-dealkylation sites (N-methyl/N-ethyl adjacent to an activating group) is 2. The second-order valence-electron chi connectivity index (χ2n) is 4.75. The van der Waals surface area contributed by atoms with E-state index in [1.54, 1.807) is 24.1 Å². The number of aliphatic hydroxyl groups excluding tert-OH is 1. The smallest absolute Gasteiger partial charge is 0.264 e. The molecule has 0 saturated heterocycles. The molecular formula is C13H18N2O3. The van der Waals surface area contributed by atoms with Crippen molar-refractivity contribution in [1.82, 2.24) is 4.90 Å². The van der Waals surface area contributed by atoms with Crippen molar-refractivity contribution in [2.45, 2.75) is 6.10 Å². The molecule has 1 atom stereocenters. The molecule has 0 aliphatic carbocycles. The Kier molecular flexibility index (Phi) is 3.54. The van der Waals surface area contributed by atoms with E-state index in [-0.39, 0.29) is 12.5 Å². The lowest BCUT2D eigenvalue weighted by molar-refractivity contribution is -0.120. The van der Waals surface area contributed by atoms with Gasteiger partial charge in [0.15, 0.2) is 6.61 Å². The van der Waals surface area contributed by atoms with Crippen LogP contribution in [-0.4, -0.2) is 50.2 Å². The van der Waals surface area contributed by atoms with Gasteiger partial charge in [0.05, 0.1) is 11.8 Å². The number of hydrogen-bond donors (Lipinski definition) is 1. The lowest BCUT2D eigenvalue weighted by Crippen LogP contribution is -2.35. The van der Waals surface area contributed by atoms with Crippen LogP contribution in [0.25, 0.3) is 0 Å². The van der Waals surface area contributed by atoms with Crippen LogP contribution in [-0.2, 0) is 4.79 Å². The lowest BCUT2D eigenvalue weighted by Gasteiger charge is -2.27. The van der Waals surface area contributed by atoms with E-state index in [2.05, 4.69) is 0 Å². The van der Waals surface area contributed by atoms with Crippen LogP contribution in [0.4, 0.5) is 5.69 Å². The Bertz CT molecular complexity index is 460. The van der Waals surface area contributed by atoms with Crippen LogP contribution >= 0.6 is 0 Å². The first-order valence-electron chi connectivity index (χ1n) is 5.85. The minimum Gasteiger partial charge on any atom is -0.482 e. The molecule has 1 aliphatic heterocycles. The summed E-state index contributed by atoms with van der Waals surface area (Å²) in [4.78, 5) is 15.0. The summed E-state index contributed by atoms with van der Waals surface area (Å²) in [5.74, 6) is 0.597. The van der Waals surface area contributed by atoms with E-state index in [0.717, 1.165) is 5.56 Å². The fourth-order valence-electron chi connectivity index (χ4n) is 1.95. The van der Waals surface area contributed by atoms with Gasteiger partial charge >= 0.3 is 0 Å². The normalized spacial score (nSPS) is 16.5. The summed E-state index contributed by atoms with van der Waals surface area (Å²) >= 11 is 0. The van der Waals surface area contributed by atoms with Crippen LogP contribution in [0.15, 0.2) is 18.2 Å². The van der Waals surface area contributed by atoms with E-state index in [1.165, 1.54) is 0 Å². The fraction of sp³-hybridized carbons (Fsp3) is 0.462. The van der Waals surface area contributed by atoms with Crippen LogP contribution in [0.2, 0.25) is 0 Å². The molecule has 0 spiro atoms. The zero-order valence-electron chi connectivity index (χ0n) is 10.9. The highest BCUT2D eigenvalue weighted by molar-refractivity contribution is 5.97. The van der Waals surface area contributed by atoms with Crippen molar-refractivity contribution in [2.24, 2.45) is 0 Å². The maximum absolute atomic E-state index is 11.5. The summed E-state index contributed by atoms with van der Waals surface area (Å²) in [5.41, 5.74) is 1.49. The molecule has 1 aliphatic rings. The number of aliphatic hydroxyl groups is 1. The van der Waals surface area contributed by atoms with Crippen molar-refractivity contribution in [3.8, 4) is 5.75 Å². The van der Waals surface area contributed by atoms with Crippen molar-refractivity contribution < 1.29 is 14.6 Å². The average Bonchev–Trinajstić information content (AvgIpc) is 2.33. The van der Waals surface area contributed by atoms with Gasteiger partial charge in [-0.15, -0.1) is 0 Å². The van der Waals surface area contributed by atoms with Crippen molar-refractivity contribution >= 4 is 11.6 Å². The summed E-state index contributed by atoms with van der Waals surface area (Å²) in [7, 11) is 5.52. The molecule has 1 amide bonds. The molecule has 98 valence electrons. The summed E-state index contributed by atoms with van der Waals surface area (Å²) in [6.45, 7) is 0.612. The lowest BCUT2D eigenvalue weighted by atomic mass is 10.1. The minimum atomic E-state index is -0.573. The monoisotopic (exact) mass is 250 g/mol. The van der Waals surface area contributed by atoms with Gasteiger partial charge in [0, 0.05) is 13.6 Å². The fourth-order valence-corrected chi connectivity index (χ4v) is 1.95. The van der Waals surface area contributed by atoms with Gasteiger partial charge in [-0.05, 0) is 31.8 Å². The summed E-state index contributed by atoms with van der Waals surface area (Å²) < 4.78 is 5.34. The minimum absolute atomic E-state index is 0.0725. The molecule has 0 saturated carbocycles. The standard InChI is InChI=1S/C13H18N2O3/c1-14(2)7-11(16)9-4-5-12-10(6-9)15(3)13(17)8-18-12/h4-6,11,16H,7-8H2,1-3H3. The molecule has 5 nitrogen and oxygen atoms in total. The van der Waals surface area contributed by atoms with E-state index < -0.39 is 6.10 Å². The number of ether oxygens (including phenoxy) is 1. The Morgan fingerprint density at radius 1 is 1.50 bits per heavy atom. The quantitative estimate of drug-likeness (QED) is 0.855. The molecule has 18 heavy (non-hydrogen) atoms. The largest absolute Gasteiger partial charge is 0.482 e. The third-order valence-corrected chi connectivity index (χ3v) is 2.99. The number of fused-ring (bicyclic) bond motifs is 1. The van der Waals surface area contributed by atoms with E-state index >= 15 is 0 Å². The molecule has 1 heterocycles. The van der Waals surface area contributed by atoms with Crippen molar-refractivity contribution in [3.05, 3.63) is 23.8 Å². The van der Waals surface area contributed by atoms with Crippen LogP contribution in [0, 0.1) is 0 Å². The Morgan fingerprint density at radius 3 is 2.89 bits per heavy atom.